The van der Waals surface area contributed by atoms with Crippen LogP contribution in [0.1, 0.15) is 11.1 Å². The van der Waals surface area contributed by atoms with E-state index in [9.17, 15) is 0 Å². The molecule has 0 bridgehead atoms. The second kappa shape index (κ2) is 3.54. The molecule has 2 N–H and O–H groups in total. The molecule has 0 atom stereocenters. The van der Waals surface area contributed by atoms with E-state index in [1.165, 1.54) is 6.08 Å². The van der Waals surface area contributed by atoms with Gasteiger partial charge in [0.05, 0.1) is 6.07 Å². The maximum Gasteiger partial charge on any atom is 0.123 e. The van der Waals surface area contributed by atoms with Gasteiger partial charge in [0.15, 0.2) is 0 Å². The monoisotopic (exact) mass is 159 g/mol. The van der Waals surface area contributed by atoms with Crippen molar-refractivity contribution in [1.29, 1.82) is 5.26 Å². The van der Waals surface area contributed by atoms with Gasteiger partial charge in [-0.1, -0.05) is 0 Å². The highest BCUT2D eigenvalue weighted by Gasteiger charge is 1.94. The molecule has 0 fully saturated rings. The number of nitrogen functional groups attached to an aromatic ring is 1. The van der Waals surface area contributed by atoms with E-state index in [0.29, 0.717) is 5.82 Å². The third kappa shape index (κ3) is 1.83. The molecule has 60 valence electrons. The van der Waals surface area contributed by atoms with Crippen molar-refractivity contribution in [1.82, 2.24) is 4.98 Å². The van der Waals surface area contributed by atoms with Crippen molar-refractivity contribution in [2.24, 2.45) is 0 Å². The molecule has 0 unspecified atom stereocenters. The molecule has 0 aliphatic heterocycles. The van der Waals surface area contributed by atoms with Crippen LogP contribution in [0.2, 0.25) is 0 Å². The number of nitrogens with two attached hydrogens (primary N) is 1. The zero-order chi connectivity index (χ0) is 8.97. The van der Waals surface area contributed by atoms with E-state index in [2.05, 4.69) is 4.98 Å². The summed E-state index contributed by atoms with van der Waals surface area (Å²) in [5.41, 5.74) is 7.40. The Bertz CT molecular complexity index is 347. The van der Waals surface area contributed by atoms with Crippen molar-refractivity contribution in [2.45, 2.75) is 6.92 Å². The van der Waals surface area contributed by atoms with Crippen LogP contribution in [0.15, 0.2) is 18.3 Å². The molecule has 0 aromatic carbocycles. The number of nitriles is 1. The lowest BCUT2D eigenvalue weighted by atomic mass is 10.1. The van der Waals surface area contributed by atoms with Crippen molar-refractivity contribution in [3.8, 4) is 6.07 Å². The minimum atomic E-state index is 0.501. The van der Waals surface area contributed by atoms with E-state index in [4.69, 9.17) is 11.0 Å². The summed E-state index contributed by atoms with van der Waals surface area (Å²) in [4.78, 5) is 3.91. The summed E-state index contributed by atoms with van der Waals surface area (Å²) in [6.45, 7) is 1.93. The molecular weight excluding hydrogens is 150 g/mol. The van der Waals surface area contributed by atoms with Gasteiger partial charge in [-0.2, -0.15) is 5.26 Å². The van der Waals surface area contributed by atoms with Crippen LogP contribution >= 0.6 is 0 Å². The first-order valence-electron chi connectivity index (χ1n) is 3.52. The zero-order valence-corrected chi connectivity index (χ0v) is 6.78. The van der Waals surface area contributed by atoms with E-state index in [-0.39, 0.29) is 0 Å². The Morgan fingerprint density at radius 3 is 3.00 bits per heavy atom. The first-order valence-corrected chi connectivity index (χ1v) is 3.52. The van der Waals surface area contributed by atoms with Gasteiger partial charge < -0.3 is 5.73 Å². The smallest absolute Gasteiger partial charge is 0.123 e. The largest absolute Gasteiger partial charge is 0.384 e. The molecule has 3 heteroatoms. The average Bonchev–Trinajstić information content (AvgIpc) is 2.03. The molecule has 0 saturated carbocycles. The third-order valence-corrected chi connectivity index (χ3v) is 1.51. The predicted octanol–water partition coefficient (Wildman–Crippen LogP) is 1.51. The highest BCUT2D eigenvalue weighted by Crippen LogP contribution is 2.10. The molecule has 1 aromatic rings. The van der Waals surface area contributed by atoms with Gasteiger partial charge in [0.1, 0.15) is 5.82 Å². The molecule has 1 aromatic heterocycles. The summed E-state index contributed by atoms with van der Waals surface area (Å²) in [6.07, 6.45) is 4.78. The van der Waals surface area contributed by atoms with Crippen LogP contribution < -0.4 is 5.73 Å². The molecule has 1 heterocycles. The normalized spacial score (nSPS) is 10.0. The number of hydrogen-bond donors (Lipinski definition) is 1. The average molecular weight is 159 g/mol. The summed E-state index contributed by atoms with van der Waals surface area (Å²) in [7, 11) is 0. The van der Waals surface area contributed by atoms with Crippen molar-refractivity contribution in [3.05, 3.63) is 29.5 Å². The van der Waals surface area contributed by atoms with Crippen LogP contribution in [0.3, 0.4) is 0 Å². The Hall–Kier alpha value is -1.82. The van der Waals surface area contributed by atoms with Gasteiger partial charge in [0.2, 0.25) is 0 Å². The molecule has 0 aliphatic rings. The van der Waals surface area contributed by atoms with Crippen LogP contribution in [0.5, 0.6) is 0 Å². The fraction of sp³-hybridized carbons (Fsp3) is 0.111. The van der Waals surface area contributed by atoms with Gasteiger partial charge in [-0.15, -0.1) is 0 Å². The van der Waals surface area contributed by atoms with Gasteiger partial charge in [0, 0.05) is 12.3 Å². The Morgan fingerprint density at radius 1 is 1.67 bits per heavy atom. The SMILES string of the molecule is Cc1cc(N)ncc1C=CC#N. The first-order chi connectivity index (χ1) is 5.74. The second-order valence-electron chi connectivity index (χ2n) is 2.43. The maximum atomic E-state index is 8.29. The van der Waals surface area contributed by atoms with Crippen LogP contribution in [0, 0.1) is 18.3 Å². The maximum absolute atomic E-state index is 8.29. The number of pyridine rings is 1. The lowest BCUT2D eigenvalue weighted by Gasteiger charge is -1.98. The van der Waals surface area contributed by atoms with E-state index >= 15 is 0 Å². The standard InChI is InChI=1S/C9H9N3/c1-7-5-9(11)12-6-8(7)3-2-4-10/h2-3,5-6H,1H3,(H2,11,12). The Balaban J connectivity index is 3.03. The van der Waals surface area contributed by atoms with Crippen LogP contribution in [0.4, 0.5) is 5.82 Å². The minimum Gasteiger partial charge on any atom is -0.384 e. The minimum absolute atomic E-state index is 0.501. The molecule has 0 radical (unpaired) electrons. The first kappa shape index (κ1) is 8.28. The summed E-state index contributed by atoms with van der Waals surface area (Å²) >= 11 is 0. The van der Waals surface area contributed by atoms with Crippen LogP contribution in [-0.2, 0) is 0 Å². The summed E-state index contributed by atoms with van der Waals surface area (Å²) in [5.74, 6) is 0.501. The molecule has 0 amide bonds. The van der Waals surface area contributed by atoms with Crippen molar-refractivity contribution >= 4 is 11.9 Å². The van der Waals surface area contributed by atoms with E-state index in [1.807, 2.05) is 13.0 Å². The predicted molar refractivity (Wildman–Crippen MR) is 48.0 cm³/mol. The lowest BCUT2D eigenvalue weighted by Crippen LogP contribution is -1.91. The topological polar surface area (TPSA) is 62.7 Å². The number of nitrogens with zero attached hydrogens (tertiary/aromatic N) is 2. The third-order valence-electron chi connectivity index (χ3n) is 1.51. The van der Waals surface area contributed by atoms with Crippen LogP contribution in [0.25, 0.3) is 6.08 Å². The summed E-state index contributed by atoms with van der Waals surface area (Å²) in [6, 6.07) is 3.69. The van der Waals surface area contributed by atoms with E-state index < -0.39 is 0 Å². The quantitative estimate of drug-likeness (QED) is 0.632. The van der Waals surface area contributed by atoms with Gasteiger partial charge >= 0.3 is 0 Å². The number of aromatic nitrogens is 1. The molecular formula is C9H9N3. The Labute approximate surface area is 71.2 Å². The van der Waals surface area contributed by atoms with Crippen molar-refractivity contribution < 1.29 is 0 Å². The fourth-order valence-corrected chi connectivity index (χ4v) is 0.890. The molecule has 12 heavy (non-hydrogen) atoms. The summed E-state index contributed by atoms with van der Waals surface area (Å²) < 4.78 is 0. The molecule has 0 spiro atoms. The highest BCUT2D eigenvalue weighted by molar-refractivity contribution is 5.56. The molecule has 0 aliphatic carbocycles. The van der Waals surface area contributed by atoms with Gasteiger partial charge in [-0.3, -0.25) is 0 Å². The number of anilines is 1. The highest BCUT2D eigenvalue weighted by atomic mass is 14.8. The zero-order valence-electron chi connectivity index (χ0n) is 6.78. The second-order valence-corrected chi connectivity index (χ2v) is 2.43. The van der Waals surface area contributed by atoms with Crippen molar-refractivity contribution in [2.75, 3.05) is 5.73 Å². The van der Waals surface area contributed by atoms with Gasteiger partial charge in [-0.25, -0.2) is 4.98 Å². The molecule has 1 rings (SSSR count). The Kier molecular flexibility index (Phi) is 2.44. The van der Waals surface area contributed by atoms with E-state index in [0.717, 1.165) is 11.1 Å². The number of allylic oxidation sites excluding steroid dienone is 1. The molecule has 0 saturated heterocycles. The number of hydrogen-bond acceptors (Lipinski definition) is 3. The van der Waals surface area contributed by atoms with Crippen molar-refractivity contribution in [3.63, 3.8) is 0 Å². The fourth-order valence-electron chi connectivity index (χ4n) is 0.890. The summed E-state index contributed by atoms with van der Waals surface area (Å²) in [5, 5.41) is 8.29. The van der Waals surface area contributed by atoms with E-state index in [1.54, 1.807) is 18.3 Å². The number of aryl methyl sites for hydroxylation is 1. The molecule has 3 nitrogen and oxygen atoms in total. The van der Waals surface area contributed by atoms with Gasteiger partial charge in [-0.05, 0) is 30.2 Å². The van der Waals surface area contributed by atoms with Crippen LogP contribution in [-0.4, -0.2) is 4.98 Å². The lowest BCUT2D eigenvalue weighted by molar-refractivity contribution is 1.28. The Morgan fingerprint density at radius 2 is 2.42 bits per heavy atom. The van der Waals surface area contributed by atoms with Gasteiger partial charge in [0.25, 0.3) is 0 Å². The number of rotatable bonds is 1.